The minimum atomic E-state index is 0.596. The van der Waals surface area contributed by atoms with Crippen LogP contribution in [0.1, 0.15) is 37.9 Å². The summed E-state index contributed by atoms with van der Waals surface area (Å²) in [5, 5.41) is 3.47. The monoisotopic (exact) mass is 299 g/mol. The van der Waals surface area contributed by atoms with Gasteiger partial charge in [0, 0.05) is 26.0 Å². The fourth-order valence-electron chi connectivity index (χ4n) is 2.47. The number of hydrogen-bond acceptors (Lipinski definition) is 2. The lowest BCUT2D eigenvalue weighted by Gasteiger charge is -2.14. The molecule has 0 fully saturated rings. The molecule has 0 atom stereocenters. The summed E-state index contributed by atoms with van der Waals surface area (Å²) >= 11 is 0. The molecule has 0 aliphatic heterocycles. The third kappa shape index (κ3) is 4.23. The molecular formula is C19H27N2O+. The zero-order valence-electron chi connectivity index (χ0n) is 13.9. The fourth-order valence-corrected chi connectivity index (χ4v) is 2.47. The molecule has 1 aromatic heterocycles. The van der Waals surface area contributed by atoms with Gasteiger partial charge in [0.1, 0.15) is 13.2 Å². The summed E-state index contributed by atoms with van der Waals surface area (Å²) in [4.78, 5) is 0. The number of ether oxygens (including phenoxy) is 1. The van der Waals surface area contributed by atoms with E-state index in [1.54, 1.807) is 0 Å². The quantitative estimate of drug-likeness (QED) is 0.743. The predicted octanol–water partition coefficient (Wildman–Crippen LogP) is 4.09. The number of aryl methyl sites for hydroxylation is 1. The van der Waals surface area contributed by atoms with Gasteiger partial charge in [0.25, 0.3) is 0 Å². The van der Waals surface area contributed by atoms with E-state index in [-0.39, 0.29) is 0 Å². The molecule has 1 N–H and O–H groups in total. The van der Waals surface area contributed by atoms with Gasteiger partial charge < -0.3 is 10.1 Å². The Bertz CT molecular complexity index is 581. The molecule has 0 saturated heterocycles. The van der Waals surface area contributed by atoms with Gasteiger partial charge in [0.15, 0.2) is 6.20 Å². The molecule has 0 amide bonds. The van der Waals surface area contributed by atoms with Crippen molar-refractivity contribution in [3.8, 4) is 5.75 Å². The van der Waals surface area contributed by atoms with Crippen LogP contribution >= 0.6 is 0 Å². The van der Waals surface area contributed by atoms with Crippen molar-refractivity contribution in [3.05, 3.63) is 53.9 Å². The van der Waals surface area contributed by atoms with Crippen LogP contribution in [0.25, 0.3) is 0 Å². The van der Waals surface area contributed by atoms with E-state index in [4.69, 9.17) is 4.74 Å². The summed E-state index contributed by atoms with van der Waals surface area (Å²) in [6.45, 7) is 9.07. The van der Waals surface area contributed by atoms with Crippen molar-refractivity contribution in [1.29, 1.82) is 0 Å². The molecule has 3 nitrogen and oxygen atoms in total. The standard InChI is InChI=1S/C19H26N2O/c1-4-12-20-18-11-14-21(13-5-2)16(3)19(18)22-15-17-9-7-6-8-10-17/h6-11,14H,4-5,12-13,15H2,1-3H3/p+1. The number of nitrogens with zero attached hydrogens (tertiary/aromatic N) is 1. The first kappa shape index (κ1) is 16.3. The average molecular weight is 299 g/mol. The number of rotatable bonds is 8. The second-order valence-corrected chi connectivity index (χ2v) is 5.54. The lowest BCUT2D eigenvalue weighted by Crippen LogP contribution is -2.37. The Hall–Kier alpha value is -2.03. The number of anilines is 1. The zero-order valence-corrected chi connectivity index (χ0v) is 13.9. The molecule has 118 valence electrons. The molecule has 0 aliphatic carbocycles. The van der Waals surface area contributed by atoms with Gasteiger partial charge in [-0.25, -0.2) is 0 Å². The number of pyridine rings is 1. The first-order chi connectivity index (χ1) is 10.8. The topological polar surface area (TPSA) is 25.1 Å². The van der Waals surface area contributed by atoms with Crippen molar-refractivity contribution in [2.75, 3.05) is 11.9 Å². The van der Waals surface area contributed by atoms with Crippen molar-refractivity contribution < 1.29 is 9.30 Å². The molecule has 1 heterocycles. The molecule has 2 rings (SSSR count). The summed E-state index contributed by atoms with van der Waals surface area (Å²) < 4.78 is 8.42. The highest BCUT2D eigenvalue weighted by Crippen LogP contribution is 2.27. The van der Waals surface area contributed by atoms with Crippen LogP contribution in [-0.4, -0.2) is 6.54 Å². The third-order valence-electron chi connectivity index (χ3n) is 3.68. The van der Waals surface area contributed by atoms with Gasteiger partial charge in [-0.15, -0.1) is 0 Å². The van der Waals surface area contributed by atoms with Crippen LogP contribution in [0.5, 0.6) is 5.75 Å². The Morgan fingerprint density at radius 1 is 1.05 bits per heavy atom. The smallest absolute Gasteiger partial charge is 0.222 e. The predicted molar refractivity (Wildman–Crippen MR) is 91.2 cm³/mol. The van der Waals surface area contributed by atoms with Crippen molar-refractivity contribution in [1.82, 2.24) is 0 Å². The Kier molecular flexibility index (Phi) is 6.26. The number of nitrogens with one attached hydrogen (secondary N) is 1. The second-order valence-electron chi connectivity index (χ2n) is 5.54. The molecule has 0 radical (unpaired) electrons. The van der Waals surface area contributed by atoms with Crippen molar-refractivity contribution >= 4 is 5.69 Å². The molecule has 3 heteroatoms. The lowest BCUT2D eigenvalue weighted by atomic mass is 10.2. The maximum absolute atomic E-state index is 6.15. The van der Waals surface area contributed by atoms with E-state index in [0.29, 0.717) is 6.61 Å². The van der Waals surface area contributed by atoms with Gasteiger partial charge >= 0.3 is 0 Å². The molecule has 0 unspecified atom stereocenters. The van der Waals surface area contributed by atoms with Crippen LogP contribution in [0.4, 0.5) is 5.69 Å². The van der Waals surface area contributed by atoms with Crippen LogP contribution in [0.3, 0.4) is 0 Å². The Morgan fingerprint density at radius 3 is 2.50 bits per heavy atom. The van der Waals surface area contributed by atoms with E-state index in [1.807, 2.05) is 18.2 Å². The molecule has 0 spiro atoms. The summed E-state index contributed by atoms with van der Waals surface area (Å²) in [7, 11) is 0. The van der Waals surface area contributed by atoms with Crippen LogP contribution in [0, 0.1) is 6.92 Å². The van der Waals surface area contributed by atoms with E-state index in [0.717, 1.165) is 37.4 Å². The van der Waals surface area contributed by atoms with Crippen molar-refractivity contribution in [2.24, 2.45) is 0 Å². The van der Waals surface area contributed by atoms with E-state index in [2.05, 4.69) is 55.1 Å². The molecule has 0 saturated carbocycles. The molecule has 1 aromatic carbocycles. The maximum Gasteiger partial charge on any atom is 0.222 e. The number of benzene rings is 1. The van der Waals surface area contributed by atoms with Crippen LogP contribution in [0.2, 0.25) is 0 Å². The van der Waals surface area contributed by atoms with Gasteiger partial charge in [-0.05, 0) is 12.0 Å². The SMILES string of the molecule is CCCNc1cc[n+](CCC)c(C)c1OCc1ccccc1. The van der Waals surface area contributed by atoms with Crippen molar-refractivity contribution in [3.63, 3.8) is 0 Å². The van der Waals surface area contributed by atoms with Gasteiger partial charge in [-0.1, -0.05) is 44.2 Å². The zero-order chi connectivity index (χ0) is 15.8. The average Bonchev–Trinajstić information content (AvgIpc) is 2.55. The van der Waals surface area contributed by atoms with E-state index in [9.17, 15) is 0 Å². The highest BCUT2D eigenvalue weighted by atomic mass is 16.5. The van der Waals surface area contributed by atoms with Crippen LogP contribution < -0.4 is 14.6 Å². The molecule has 0 bridgehead atoms. The summed E-state index contributed by atoms with van der Waals surface area (Å²) in [5.41, 5.74) is 3.45. The number of hydrogen-bond donors (Lipinski definition) is 1. The highest BCUT2D eigenvalue weighted by molar-refractivity contribution is 5.56. The molecule has 2 aromatic rings. The molecule has 22 heavy (non-hydrogen) atoms. The summed E-state index contributed by atoms with van der Waals surface area (Å²) in [6.07, 6.45) is 4.36. The molecular weight excluding hydrogens is 272 g/mol. The van der Waals surface area contributed by atoms with E-state index in [1.165, 1.54) is 11.3 Å². The normalized spacial score (nSPS) is 10.5. The molecule has 0 aliphatic rings. The van der Waals surface area contributed by atoms with Gasteiger partial charge in [0.2, 0.25) is 11.4 Å². The summed E-state index contributed by atoms with van der Waals surface area (Å²) in [5.74, 6) is 0.966. The second kappa shape index (κ2) is 8.42. The van der Waals surface area contributed by atoms with Crippen LogP contribution in [0.15, 0.2) is 42.6 Å². The van der Waals surface area contributed by atoms with Crippen molar-refractivity contribution in [2.45, 2.75) is 46.8 Å². The minimum absolute atomic E-state index is 0.596. The summed E-state index contributed by atoms with van der Waals surface area (Å²) in [6, 6.07) is 12.4. The first-order valence-electron chi connectivity index (χ1n) is 8.19. The van der Waals surface area contributed by atoms with Crippen LogP contribution in [-0.2, 0) is 13.2 Å². The maximum atomic E-state index is 6.15. The van der Waals surface area contributed by atoms with Gasteiger partial charge in [-0.3, -0.25) is 0 Å². The fraction of sp³-hybridized carbons (Fsp3) is 0.421. The largest absolute Gasteiger partial charge is 0.481 e. The Balaban J connectivity index is 2.22. The minimum Gasteiger partial charge on any atom is -0.481 e. The van der Waals surface area contributed by atoms with Gasteiger partial charge in [0.05, 0.1) is 5.69 Å². The first-order valence-corrected chi connectivity index (χ1v) is 8.19. The Labute approximate surface area is 134 Å². The lowest BCUT2D eigenvalue weighted by molar-refractivity contribution is -0.703. The Morgan fingerprint density at radius 2 is 1.82 bits per heavy atom. The van der Waals surface area contributed by atoms with Gasteiger partial charge in [-0.2, -0.15) is 4.57 Å². The van der Waals surface area contributed by atoms with E-state index >= 15 is 0 Å². The van der Waals surface area contributed by atoms with E-state index < -0.39 is 0 Å². The number of aromatic nitrogens is 1. The third-order valence-corrected chi connectivity index (χ3v) is 3.68. The highest BCUT2D eigenvalue weighted by Gasteiger charge is 2.17.